The van der Waals surface area contributed by atoms with Crippen LogP contribution in [0.1, 0.15) is 22.3 Å². The number of fused-ring (bicyclic) bond motifs is 4. The minimum absolute atomic E-state index is 0.674. The van der Waals surface area contributed by atoms with E-state index in [9.17, 15) is 0 Å². The molecule has 0 N–H and O–H groups in total. The van der Waals surface area contributed by atoms with Crippen LogP contribution < -0.4 is 0 Å². The number of imidazole rings is 4. The fourth-order valence-electron chi connectivity index (χ4n) is 9.88. The molecule has 0 bridgehead atoms. The van der Waals surface area contributed by atoms with Crippen molar-refractivity contribution < 1.29 is 0 Å². The van der Waals surface area contributed by atoms with E-state index < -0.39 is 0 Å². The molecule has 0 aliphatic carbocycles. The Kier molecular flexibility index (Phi) is 9.41. The molecule has 0 aliphatic rings. The first-order chi connectivity index (χ1) is 34.4. The Morgan fingerprint density at radius 2 is 0.500 bits per heavy atom. The van der Waals surface area contributed by atoms with Crippen LogP contribution >= 0.6 is 0 Å². The van der Waals surface area contributed by atoms with Crippen LogP contribution in [0.25, 0.3) is 113 Å². The van der Waals surface area contributed by atoms with Gasteiger partial charge in [-0.05, 0) is 135 Å². The maximum atomic E-state index is 5.52. The van der Waals surface area contributed by atoms with Gasteiger partial charge in [-0.2, -0.15) is 0 Å². The minimum atomic E-state index is 0.674. The smallest absolute Gasteiger partial charge is 0.164 e. The Morgan fingerprint density at radius 3 is 0.729 bits per heavy atom. The fraction of sp³-hybridized carbons (Fsp3) is 0.0690. The van der Waals surface area contributed by atoms with Crippen LogP contribution in [0.2, 0.25) is 0 Å². The molecule has 334 valence electrons. The number of hydrogen-bond donors (Lipinski definition) is 0. The van der Waals surface area contributed by atoms with E-state index in [-0.39, 0.29) is 0 Å². The molecule has 0 amide bonds. The topological polar surface area (TPSA) is 123 Å². The van der Waals surface area contributed by atoms with Gasteiger partial charge in [0.15, 0.2) is 22.6 Å². The number of rotatable bonds is 8. The molecule has 70 heavy (non-hydrogen) atoms. The predicted octanol–water partition coefficient (Wildman–Crippen LogP) is 12.5. The van der Waals surface area contributed by atoms with Gasteiger partial charge in [0.2, 0.25) is 0 Å². The van der Waals surface area contributed by atoms with Crippen molar-refractivity contribution in [3.8, 4) is 68.3 Å². The number of hydrogen-bond acceptors (Lipinski definition) is 8. The Hall–Kier alpha value is -9.42. The highest BCUT2D eigenvalue weighted by molar-refractivity contribution is 5.98. The van der Waals surface area contributed by atoms with E-state index in [0.717, 1.165) is 112 Å². The summed E-state index contributed by atoms with van der Waals surface area (Å²) in [5.41, 5.74) is 17.1. The maximum Gasteiger partial charge on any atom is 0.164 e. The first-order valence-electron chi connectivity index (χ1n) is 23.2. The van der Waals surface area contributed by atoms with Gasteiger partial charge in [0.1, 0.15) is 45.4 Å². The third-order valence-corrected chi connectivity index (χ3v) is 13.2. The molecule has 12 heteroatoms. The van der Waals surface area contributed by atoms with Crippen molar-refractivity contribution in [1.29, 1.82) is 0 Å². The highest BCUT2D eigenvalue weighted by atomic mass is 15.2. The lowest BCUT2D eigenvalue weighted by atomic mass is 9.95. The highest BCUT2D eigenvalue weighted by Crippen LogP contribution is 2.46. The Bertz CT molecular complexity index is 3670. The summed E-state index contributed by atoms with van der Waals surface area (Å²) in [6, 6.07) is 53.7. The SMILES string of the molecule is Cc1ccccc1-n1c(-c2cc(-c3nc4cccnc4n3-c3ccccc3C)c(-c3nc4cccnc4n3-c3ccccc3C)cc2-c2nc3cccnc3n2-c2ccccc2C)nc2cccnc21. The van der Waals surface area contributed by atoms with Crippen LogP contribution in [0, 0.1) is 27.7 Å². The van der Waals surface area contributed by atoms with Crippen molar-refractivity contribution in [2.75, 3.05) is 0 Å². The molecule has 0 spiro atoms. The van der Waals surface area contributed by atoms with E-state index in [1.807, 2.05) is 73.3 Å². The van der Waals surface area contributed by atoms with Crippen LogP contribution in [-0.4, -0.2) is 58.1 Å². The van der Waals surface area contributed by atoms with Gasteiger partial charge in [-0.3, -0.25) is 18.3 Å². The average molecular weight is 907 g/mol. The number of aryl methyl sites for hydroxylation is 4. The van der Waals surface area contributed by atoms with Crippen LogP contribution in [-0.2, 0) is 0 Å². The summed E-state index contributed by atoms with van der Waals surface area (Å²) in [4.78, 5) is 42.1. The second-order valence-corrected chi connectivity index (χ2v) is 17.6. The summed E-state index contributed by atoms with van der Waals surface area (Å²) >= 11 is 0. The van der Waals surface area contributed by atoms with Crippen molar-refractivity contribution in [2.45, 2.75) is 27.7 Å². The summed E-state index contributed by atoms with van der Waals surface area (Å²) in [6.07, 6.45) is 7.29. The van der Waals surface area contributed by atoms with Gasteiger partial charge in [0, 0.05) is 47.0 Å². The van der Waals surface area contributed by atoms with Crippen molar-refractivity contribution >= 4 is 44.7 Å². The number of aromatic nitrogens is 12. The van der Waals surface area contributed by atoms with E-state index in [4.69, 9.17) is 39.9 Å². The molecule has 0 saturated heterocycles. The summed E-state index contributed by atoms with van der Waals surface area (Å²) in [5, 5.41) is 0. The molecule has 0 saturated carbocycles. The van der Waals surface area contributed by atoms with E-state index in [2.05, 4.69) is 155 Å². The molecule has 5 aromatic carbocycles. The van der Waals surface area contributed by atoms with E-state index >= 15 is 0 Å². The molecular formula is C58H42N12. The van der Waals surface area contributed by atoms with E-state index in [0.29, 0.717) is 23.3 Å². The number of benzene rings is 5. The lowest BCUT2D eigenvalue weighted by Crippen LogP contribution is -2.08. The monoisotopic (exact) mass is 906 g/mol. The molecule has 0 unspecified atom stereocenters. The Balaban J connectivity index is 1.26. The van der Waals surface area contributed by atoms with E-state index in [1.54, 1.807) is 0 Å². The first kappa shape index (κ1) is 40.8. The zero-order chi connectivity index (χ0) is 47.0. The fourth-order valence-corrected chi connectivity index (χ4v) is 9.88. The lowest BCUT2D eigenvalue weighted by molar-refractivity contribution is 1.04. The third-order valence-electron chi connectivity index (χ3n) is 13.2. The standard InChI is InChI=1S/C58H42N12/c1-35-17-5-9-25-47(35)67-51(63-43-21-13-29-59-55(43)67)39-33-41(53-65-45-23-15-31-61-57(45)69(53)49-27-11-7-19-37(49)3)42(54-66-46-24-16-32-62-58(46)70(54)50-28-12-8-20-38(50)4)34-40(39)52-64-44-22-14-30-60-56(44)68(52)48-26-10-6-18-36(48)2/h5-34H,1-4H3. The van der Waals surface area contributed by atoms with Crippen molar-refractivity contribution in [2.24, 2.45) is 0 Å². The molecule has 12 nitrogen and oxygen atoms in total. The Morgan fingerprint density at radius 1 is 0.271 bits per heavy atom. The molecule has 0 atom stereocenters. The molecule has 8 heterocycles. The molecule has 13 aromatic rings. The largest absolute Gasteiger partial charge is 0.276 e. The molecule has 0 radical (unpaired) electrons. The van der Waals surface area contributed by atoms with Gasteiger partial charge in [0.25, 0.3) is 0 Å². The maximum absolute atomic E-state index is 5.52. The van der Waals surface area contributed by atoms with Crippen LogP contribution in [0.4, 0.5) is 0 Å². The number of pyridine rings is 4. The van der Waals surface area contributed by atoms with Gasteiger partial charge in [-0.25, -0.2) is 39.9 Å². The normalized spacial score (nSPS) is 11.7. The zero-order valence-corrected chi connectivity index (χ0v) is 38.7. The molecular weight excluding hydrogens is 865 g/mol. The average Bonchev–Trinajstić information content (AvgIpc) is 4.17. The second kappa shape index (κ2) is 16.1. The Labute approximate surface area is 402 Å². The van der Waals surface area contributed by atoms with Gasteiger partial charge < -0.3 is 0 Å². The molecule has 0 aliphatic heterocycles. The zero-order valence-electron chi connectivity index (χ0n) is 38.7. The van der Waals surface area contributed by atoms with Crippen molar-refractivity contribution in [1.82, 2.24) is 58.1 Å². The molecule has 13 rings (SSSR count). The van der Waals surface area contributed by atoms with Gasteiger partial charge in [-0.15, -0.1) is 0 Å². The van der Waals surface area contributed by atoms with Crippen LogP contribution in [0.3, 0.4) is 0 Å². The summed E-state index contributed by atoms with van der Waals surface area (Å²) in [7, 11) is 0. The van der Waals surface area contributed by atoms with Crippen LogP contribution in [0.15, 0.2) is 183 Å². The summed E-state index contributed by atoms with van der Waals surface area (Å²) in [6.45, 7) is 8.48. The van der Waals surface area contributed by atoms with Crippen molar-refractivity contribution in [3.63, 3.8) is 0 Å². The van der Waals surface area contributed by atoms with Gasteiger partial charge in [-0.1, -0.05) is 72.8 Å². The second-order valence-electron chi connectivity index (χ2n) is 17.6. The minimum Gasteiger partial charge on any atom is -0.276 e. The summed E-state index contributed by atoms with van der Waals surface area (Å²) in [5.74, 6) is 2.70. The number of para-hydroxylation sites is 4. The van der Waals surface area contributed by atoms with Gasteiger partial charge in [0.05, 0.1) is 22.7 Å². The quantitative estimate of drug-likeness (QED) is 0.148. The van der Waals surface area contributed by atoms with Crippen molar-refractivity contribution in [3.05, 3.63) is 205 Å². The van der Waals surface area contributed by atoms with Gasteiger partial charge >= 0.3 is 0 Å². The summed E-state index contributed by atoms with van der Waals surface area (Å²) < 4.78 is 8.68. The number of nitrogens with zero attached hydrogens (tertiary/aromatic N) is 12. The third kappa shape index (κ3) is 6.37. The van der Waals surface area contributed by atoms with E-state index in [1.165, 1.54) is 0 Å². The lowest BCUT2D eigenvalue weighted by Gasteiger charge is -2.21. The van der Waals surface area contributed by atoms with Crippen LogP contribution in [0.5, 0.6) is 0 Å². The highest BCUT2D eigenvalue weighted by Gasteiger charge is 2.31. The molecule has 8 aromatic heterocycles. The molecule has 0 fully saturated rings. The first-order valence-corrected chi connectivity index (χ1v) is 23.2. The predicted molar refractivity (Wildman–Crippen MR) is 277 cm³/mol.